The molecule has 0 aromatic rings. The lowest BCUT2D eigenvalue weighted by atomic mass is 9.45. The zero-order chi connectivity index (χ0) is 35.0. The van der Waals surface area contributed by atoms with Gasteiger partial charge in [-0.1, -0.05) is 19.4 Å². The molecule has 2 heterocycles. The van der Waals surface area contributed by atoms with E-state index in [1.54, 1.807) is 6.08 Å². The minimum atomic E-state index is -2.31. The number of hydrogen-bond donors (Lipinski definition) is 9. The van der Waals surface area contributed by atoms with Crippen LogP contribution in [-0.4, -0.2) is 150 Å². The smallest absolute Gasteiger partial charge is 0.222 e. The second-order valence-electron chi connectivity index (χ2n) is 15.2. The lowest BCUT2D eigenvalue weighted by Gasteiger charge is -2.60. The molecule has 3 unspecified atom stereocenters. The van der Waals surface area contributed by atoms with Crippen molar-refractivity contribution >= 4 is 11.6 Å². The number of ether oxygens (including phenoxy) is 4. The summed E-state index contributed by atoms with van der Waals surface area (Å²) in [5.41, 5.74) is -2.20. The first kappa shape index (κ1) is 36.4. The minimum Gasteiger partial charge on any atom is -0.394 e. The molecule has 15 heteroatoms. The number of carbonyl (C=O) groups is 2. The summed E-state index contributed by atoms with van der Waals surface area (Å²) in [6, 6.07) is 0. The Balaban J connectivity index is 1.17. The fourth-order valence-corrected chi connectivity index (χ4v) is 10.2. The minimum absolute atomic E-state index is 0.0197. The Labute approximate surface area is 278 Å². The van der Waals surface area contributed by atoms with Crippen LogP contribution >= 0.6 is 0 Å². The van der Waals surface area contributed by atoms with Crippen LogP contribution in [0.4, 0.5) is 0 Å². The second kappa shape index (κ2) is 13.0. The predicted octanol–water partition coefficient (Wildman–Crippen LogP) is -2.57. The maximum atomic E-state index is 13.9. The molecule has 0 spiro atoms. The third kappa shape index (κ3) is 5.36. The average Bonchev–Trinajstić information content (AvgIpc) is 3.49. The lowest BCUT2D eigenvalue weighted by molar-refractivity contribution is -0.319. The van der Waals surface area contributed by atoms with E-state index in [0.717, 1.165) is 12.0 Å². The standard InChI is InChI=1S/C33H50O15/c1-30-7-5-16(37)9-15(30)3-4-17-18-6-8-32(44,31(18,2)10-19(38)23(17)30)22(39)13-45-33(14-36)28(43)27(21(12-35)48-33)47-29-26(42)25(41)24(40)20(11-34)46-29/h9,17-21,23-29,34-36,38,40-44H,3-8,10-14H2,1-2H3/t17-,18-,19-,20?,21+,23+,24-,25+,26?,27-,28?,29-,30-,31-,32-,33+/m0/s1. The van der Waals surface area contributed by atoms with Crippen molar-refractivity contribution in [1.29, 1.82) is 0 Å². The summed E-state index contributed by atoms with van der Waals surface area (Å²) in [6.07, 6.45) is -8.86. The molecule has 0 bridgehead atoms. The number of carbonyl (C=O) groups excluding carboxylic acids is 2. The van der Waals surface area contributed by atoms with Gasteiger partial charge in [0.1, 0.15) is 61.5 Å². The van der Waals surface area contributed by atoms with Gasteiger partial charge in [-0.05, 0) is 67.8 Å². The Morgan fingerprint density at radius 3 is 2.33 bits per heavy atom. The Bertz CT molecular complexity index is 1280. The molecule has 2 aliphatic heterocycles. The summed E-state index contributed by atoms with van der Waals surface area (Å²) in [5.74, 6) is -3.13. The van der Waals surface area contributed by atoms with Crippen LogP contribution in [0.1, 0.15) is 58.8 Å². The fraction of sp³-hybridized carbons (Fsp3) is 0.879. The zero-order valence-corrected chi connectivity index (χ0v) is 27.3. The molecule has 5 fully saturated rings. The lowest BCUT2D eigenvalue weighted by Crippen LogP contribution is -2.62. The molecular formula is C33H50O15. The molecule has 2 saturated heterocycles. The van der Waals surface area contributed by atoms with Crippen LogP contribution in [0.5, 0.6) is 0 Å². The highest BCUT2D eigenvalue weighted by Crippen LogP contribution is 2.67. The van der Waals surface area contributed by atoms with E-state index in [4.69, 9.17) is 18.9 Å². The van der Waals surface area contributed by atoms with Crippen LogP contribution < -0.4 is 0 Å². The fourth-order valence-electron chi connectivity index (χ4n) is 10.2. The van der Waals surface area contributed by atoms with Crippen LogP contribution in [0.3, 0.4) is 0 Å². The molecule has 272 valence electrons. The van der Waals surface area contributed by atoms with Gasteiger partial charge < -0.3 is 64.9 Å². The van der Waals surface area contributed by atoms with Gasteiger partial charge in [0.15, 0.2) is 17.9 Å². The zero-order valence-electron chi connectivity index (χ0n) is 27.3. The van der Waals surface area contributed by atoms with Crippen LogP contribution in [0.25, 0.3) is 0 Å². The molecule has 0 amide bonds. The third-order valence-corrected chi connectivity index (χ3v) is 13.0. The molecule has 16 atom stereocenters. The highest BCUT2D eigenvalue weighted by molar-refractivity contribution is 5.92. The molecule has 0 aromatic carbocycles. The monoisotopic (exact) mass is 686 g/mol. The molecule has 9 N–H and O–H groups in total. The molecule has 6 rings (SSSR count). The summed E-state index contributed by atoms with van der Waals surface area (Å²) in [5, 5.41) is 95.5. The van der Waals surface area contributed by atoms with E-state index in [9.17, 15) is 55.5 Å². The summed E-state index contributed by atoms with van der Waals surface area (Å²) in [7, 11) is 0. The van der Waals surface area contributed by atoms with E-state index in [-0.39, 0.29) is 41.8 Å². The van der Waals surface area contributed by atoms with Crippen molar-refractivity contribution in [2.75, 3.05) is 26.4 Å². The maximum absolute atomic E-state index is 13.9. The third-order valence-electron chi connectivity index (χ3n) is 13.0. The average molecular weight is 687 g/mol. The first-order valence-corrected chi connectivity index (χ1v) is 17.0. The van der Waals surface area contributed by atoms with E-state index in [2.05, 4.69) is 6.92 Å². The molecule has 4 aliphatic carbocycles. The van der Waals surface area contributed by atoms with E-state index < -0.39 is 104 Å². The van der Waals surface area contributed by atoms with Crippen LogP contribution in [0.15, 0.2) is 11.6 Å². The van der Waals surface area contributed by atoms with Gasteiger partial charge in [0.2, 0.25) is 5.79 Å². The highest BCUT2D eigenvalue weighted by Gasteiger charge is 2.69. The number of allylic oxidation sites excluding steroid dienone is 1. The van der Waals surface area contributed by atoms with Crippen molar-refractivity contribution in [1.82, 2.24) is 0 Å². The van der Waals surface area contributed by atoms with Crippen molar-refractivity contribution in [2.24, 2.45) is 28.6 Å². The Morgan fingerprint density at radius 2 is 1.67 bits per heavy atom. The molecule has 6 aliphatic rings. The Morgan fingerprint density at radius 1 is 0.958 bits per heavy atom. The van der Waals surface area contributed by atoms with Crippen LogP contribution in [0, 0.1) is 28.6 Å². The largest absolute Gasteiger partial charge is 0.394 e. The number of fused-ring (bicyclic) bond motifs is 5. The van der Waals surface area contributed by atoms with Crippen LogP contribution in [0.2, 0.25) is 0 Å². The molecule has 48 heavy (non-hydrogen) atoms. The van der Waals surface area contributed by atoms with Crippen molar-refractivity contribution < 1.29 is 74.5 Å². The molecule has 0 aromatic heterocycles. The van der Waals surface area contributed by atoms with Crippen molar-refractivity contribution in [3.05, 3.63) is 11.6 Å². The summed E-state index contributed by atoms with van der Waals surface area (Å²) < 4.78 is 22.4. The van der Waals surface area contributed by atoms with Gasteiger partial charge in [-0.2, -0.15) is 0 Å². The van der Waals surface area contributed by atoms with Crippen molar-refractivity contribution in [3.8, 4) is 0 Å². The number of rotatable bonds is 9. The van der Waals surface area contributed by atoms with Crippen molar-refractivity contribution in [2.45, 2.75) is 125 Å². The molecule has 0 radical (unpaired) electrons. The van der Waals surface area contributed by atoms with Gasteiger partial charge in [0.25, 0.3) is 0 Å². The normalized spacial score (nSPS) is 52.0. The first-order valence-electron chi connectivity index (χ1n) is 17.0. The summed E-state index contributed by atoms with van der Waals surface area (Å²) >= 11 is 0. The topological polar surface area (TPSA) is 253 Å². The number of aliphatic hydroxyl groups is 9. The number of aliphatic hydroxyl groups excluding tert-OH is 8. The van der Waals surface area contributed by atoms with Gasteiger partial charge in [0, 0.05) is 11.8 Å². The van der Waals surface area contributed by atoms with E-state index in [1.807, 2.05) is 6.92 Å². The summed E-state index contributed by atoms with van der Waals surface area (Å²) in [6.45, 7) is 0.608. The predicted molar refractivity (Wildman–Crippen MR) is 160 cm³/mol. The van der Waals surface area contributed by atoms with Gasteiger partial charge in [-0.25, -0.2) is 0 Å². The van der Waals surface area contributed by atoms with Crippen LogP contribution in [-0.2, 0) is 28.5 Å². The number of Topliss-reactive ketones (excluding diaryl/α,β-unsaturated/α-hetero) is 1. The molecular weight excluding hydrogens is 636 g/mol. The van der Waals surface area contributed by atoms with E-state index in [1.165, 1.54) is 0 Å². The molecule has 15 nitrogen and oxygen atoms in total. The van der Waals surface area contributed by atoms with E-state index >= 15 is 0 Å². The van der Waals surface area contributed by atoms with Gasteiger partial charge in [0.05, 0.1) is 19.3 Å². The number of hydrogen-bond acceptors (Lipinski definition) is 15. The molecule has 3 saturated carbocycles. The Kier molecular flexibility index (Phi) is 9.81. The van der Waals surface area contributed by atoms with Gasteiger partial charge in [-0.15, -0.1) is 0 Å². The maximum Gasteiger partial charge on any atom is 0.222 e. The second-order valence-corrected chi connectivity index (χ2v) is 15.2. The van der Waals surface area contributed by atoms with Gasteiger partial charge >= 0.3 is 0 Å². The highest BCUT2D eigenvalue weighted by atomic mass is 16.8. The van der Waals surface area contributed by atoms with Crippen molar-refractivity contribution in [3.63, 3.8) is 0 Å². The Hall–Kier alpha value is -1.44. The first-order chi connectivity index (χ1) is 22.6. The number of ketones is 2. The van der Waals surface area contributed by atoms with E-state index in [0.29, 0.717) is 25.7 Å². The summed E-state index contributed by atoms with van der Waals surface area (Å²) in [4.78, 5) is 26.1. The SMILES string of the molecule is C[C@]12CCC(=O)C=C1CC[C@@H]1[C@@H]2[C@@H](O)C[C@@]2(C)[C@H]1CC[C@]2(O)C(=O)CO[C@]1(CO)O[C@H](CO)[C@H](O[C@@H]2OC(CO)[C@H](O)[C@@H](O)C2O)C1O. The van der Waals surface area contributed by atoms with Gasteiger partial charge in [-0.3, -0.25) is 9.59 Å². The quantitative estimate of drug-likeness (QED) is 0.121.